The number of nitrogens with zero attached hydrogens (tertiary/aromatic N) is 5. The maximum absolute atomic E-state index is 12.9. The van der Waals surface area contributed by atoms with Gasteiger partial charge in [-0.2, -0.15) is 0 Å². The number of benzene rings is 2. The van der Waals surface area contributed by atoms with Gasteiger partial charge in [-0.3, -0.25) is 4.79 Å². The normalized spacial score (nSPS) is 16.3. The van der Waals surface area contributed by atoms with Gasteiger partial charge in [-0.15, -0.1) is 5.10 Å². The molecule has 1 aliphatic carbocycles. The first kappa shape index (κ1) is 23.4. The van der Waals surface area contributed by atoms with Crippen molar-refractivity contribution in [3.05, 3.63) is 60.3 Å². The molecule has 1 aliphatic heterocycles. The van der Waals surface area contributed by atoms with Crippen LogP contribution in [0.25, 0.3) is 22.2 Å². The van der Waals surface area contributed by atoms with E-state index >= 15 is 0 Å². The highest BCUT2D eigenvalue weighted by molar-refractivity contribution is 5.95. The Bertz CT molecular complexity index is 1420. The van der Waals surface area contributed by atoms with Gasteiger partial charge in [0.05, 0.1) is 37.6 Å². The van der Waals surface area contributed by atoms with Crippen LogP contribution in [0.1, 0.15) is 42.1 Å². The zero-order chi connectivity index (χ0) is 25.2. The Morgan fingerprint density at radius 2 is 1.84 bits per heavy atom. The summed E-state index contributed by atoms with van der Waals surface area (Å²) in [6, 6.07) is 16.2. The van der Waals surface area contributed by atoms with Crippen molar-refractivity contribution in [2.75, 3.05) is 38.7 Å². The number of methoxy groups -OCH3 is 1. The molecular formula is C28H30N6O3. The summed E-state index contributed by atoms with van der Waals surface area (Å²) >= 11 is 0. The number of morpholine rings is 1. The van der Waals surface area contributed by atoms with Crippen LogP contribution in [0.5, 0.6) is 5.75 Å². The van der Waals surface area contributed by atoms with Gasteiger partial charge in [0.25, 0.3) is 5.91 Å². The van der Waals surface area contributed by atoms with Gasteiger partial charge in [-0.1, -0.05) is 24.1 Å². The molecule has 0 radical (unpaired) electrons. The summed E-state index contributed by atoms with van der Waals surface area (Å²) in [4.78, 5) is 19.2. The summed E-state index contributed by atoms with van der Waals surface area (Å²) in [7, 11) is 1.60. The Hall–Kier alpha value is -3.98. The molecule has 2 aromatic carbocycles. The van der Waals surface area contributed by atoms with E-state index in [9.17, 15) is 4.79 Å². The van der Waals surface area contributed by atoms with Gasteiger partial charge in [-0.25, -0.2) is 9.67 Å². The number of hydrogen-bond donors (Lipinski definition) is 1. The summed E-state index contributed by atoms with van der Waals surface area (Å²) in [5.41, 5.74) is 5.43. The molecule has 2 aromatic heterocycles. The molecule has 2 fully saturated rings. The van der Waals surface area contributed by atoms with E-state index in [-0.39, 0.29) is 5.91 Å². The number of ether oxygens (including phenoxy) is 2. The van der Waals surface area contributed by atoms with Gasteiger partial charge in [-0.05, 0) is 66.4 Å². The van der Waals surface area contributed by atoms with E-state index in [1.54, 1.807) is 24.3 Å². The lowest BCUT2D eigenvalue weighted by Crippen LogP contribution is -2.40. The zero-order valence-corrected chi connectivity index (χ0v) is 20.9. The number of carbonyl (C=O) groups excluding carboxylic acids is 1. The molecular weight excluding hydrogens is 468 g/mol. The second-order valence-corrected chi connectivity index (χ2v) is 9.55. The van der Waals surface area contributed by atoms with Crippen molar-refractivity contribution < 1.29 is 14.3 Å². The zero-order valence-electron chi connectivity index (χ0n) is 20.9. The van der Waals surface area contributed by atoms with E-state index in [1.807, 2.05) is 30.3 Å². The molecule has 2 aliphatic rings. The van der Waals surface area contributed by atoms with Gasteiger partial charge in [0.2, 0.25) is 0 Å². The fraction of sp³-hybridized carbons (Fsp3) is 0.357. The molecule has 9 heteroatoms. The number of anilines is 2. The van der Waals surface area contributed by atoms with Crippen molar-refractivity contribution >= 4 is 28.4 Å². The van der Waals surface area contributed by atoms with E-state index in [1.165, 1.54) is 12.8 Å². The molecule has 190 valence electrons. The summed E-state index contributed by atoms with van der Waals surface area (Å²) in [5.74, 6) is 1.25. The Morgan fingerprint density at radius 1 is 1.03 bits per heavy atom. The van der Waals surface area contributed by atoms with Crippen molar-refractivity contribution in [2.24, 2.45) is 0 Å². The number of pyridine rings is 1. The number of nitrogens with one attached hydrogen (secondary N) is 1. The molecule has 0 unspecified atom stereocenters. The number of rotatable bonds is 6. The van der Waals surface area contributed by atoms with Crippen molar-refractivity contribution in [3.8, 4) is 16.9 Å². The lowest BCUT2D eigenvalue weighted by atomic mass is 10.1. The predicted molar refractivity (Wildman–Crippen MR) is 141 cm³/mol. The lowest BCUT2D eigenvalue weighted by molar-refractivity contribution is 0.0302. The van der Waals surface area contributed by atoms with Crippen LogP contribution >= 0.6 is 0 Å². The third kappa shape index (κ3) is 4.74. The van der Waals surface area contributed by atoms with Gasteiger partial charge in [0, 0.05) is 24.8 Å². The van der Waals surface area contributed by atoms with Gasteiger partial charge < -0.3 is 19.7 Å². The second-order valence-electron chi connectivity index (χ2n) is 9.55. The first-order valence-electron chi connectivity index (χ1n) is 12.8. The molecule has 0 atom stereocenters. The standard InChI is InChI=1S/C28H30N6O3/c1-36-26-17-21(28(35)33-12-14-37-15-13-33)7-9-24(26)30-27-18-20(10-11-29-27)19-6-8-23-25(16-19)34(32-31-23)22-4-2-3-5-22/h6-11,16-18,22H,2-5,12-15H2,1H3,(H,29,30). The third-order valence-corrected chi connectivity index (χ3v) is 7.24. The average molecular weight is 499 g/mol. The molecule has 0 spiro atoms. The summed E-state index contributed by atoms with van der Waals surface area (Å²) in [6.45, 7) is 2.33. The first-order valence-corrected chi connectivity index (χ1v) is 12.8. The van der Waals surface area contributed by atoms with Gasteiger partial charge in [0.1, 0.15) is 17.1 Å². The van der Waals surface area contributed by atoms with Crippen molar-refractivity contribution in [2.45, 2.75) is 31.7 Å². The van der Waals surface area contributed by atoms with Crippen LogP contribution in [-0.2, 0) is 4.74 Å². The van der Waals surface area contributed by atoms with E-state index < -0.39 is 0 Å². The lowest BCUT2D eigenvalue weighted by Gasteiger charge is -2.27. The maximum atomic E-state index is 12.9. The van der Waals surface area contributed by atoms with Gasteiger partial charge >= 0.3 is 0 Å². The number of carbonyl (C=O) groups is 1. The summed E-state index contributed by atoms with van der Waals surface area (Å²) in [5, 5.41) is 12.2. The van der Waals surface area contributed by atoms with Crippen LogP contribution in [0.15, 0.2) is 54.7 Å². The average Bonchev–Trinajstić information content (AvgIpc) is 3.63. The largest absolute Gasteiger partial charge is 0.495 e. The molecule has 1 saturated carbocycles. The highest BCUT2D eigenvalue weighted by Gasteiger charge is 2.21. The van der Waals surface area contributed by atoms with Crippen molar-refractivity contribution in [1.82, 2.24) is 24.9 Å². The smallest absolute Gasteiger partial charge is 0.254 e. The molecule has 1 saturated heterocycles. The van der Waals surface area contributed by atoms with Crippen LogP contribution in [-0.4, -0.2) is 64.2 Å². The van der Waals surface area contributed by atoms with Crippen LogP contribution in [0, 0.1) is 0 Å². The van der Waals surface area contributed by atoms with Crippen LogP contribution in [0.3, 0.4) is 0 Å². The van der Waals surface area contributed by atoms with Crippen molar-refractivity contribution in [3.63, 3.8) is 0 Å². The van der Waals surface area contributed by atoms with Crippen LogP contribution in [0.2, 0.25) is 0 Å². The SMILES string of the molecule is COc1cc(C(=O)N2CCOCC2)ccc1Nc1cc(-c2ccc3nnn(C4CCCC4)c3c2)ccn1. The Kier molecular flexibility index (Phi) is 6.44. The Labute approximate surface area is 215 Å². The van der Waals surface area contributed by atoms with E-state index in [4.69, 9.17) is 9.47 Å². The minimum atomic E-state index is -0.0185. The maximum Gasteiger partial charge on any atom is 0.254 e. The van der Waals surface area contributed by atoms with Crippen LogP contribution < -0.4 is 10.1 Å². The molecule has 3 heterocycles. The van der Waals surface area contributed by atoms with E-state index in [2.05, 4.69) is 37.4 Å². The number of fused-ring (bicyclic) bond motifs is 1. The molecule has 6 rings (SSSR count). The number of hydrogen-bond acceptors (Lipinski definition) is 7. The number of amides is 1. The third-order valence-electron chi connectivity index (χ3n) is 7.24. The monoisotopic (exact) mass is 498 g/mol. The van der Waals surface area contributed by atoms with Crippen LogP contribution in [0.4, 0.5) is 11.5 Å². The highest BCUT2D eigenvalue weighted by Crippen LogP contribution is 2.34. The molecule has 1 amide bonds. The quantitative estimate of drug-likeness (QED) is 0.407. The summed E-state index contributed by atoms with van der Waals surface area (Å²) in [6.07, 6.45) is 6.60. The molecule has 4 aromatic rings. The Balaban J connectivity index is 1.25. The predicted octanol–water partition coefficient (Wildman–Crippen LogP) is 4.83. The first-order chi connectivity index (χ1) is 18.2. The van der Waals surface area contributed by atoms with Gasteiger partial charge in [0.15, 0.2) is 0 Å². The minimum Gasteiger partial charge on any atom is -0.495 e. The highest BCUT2D eigenvalue weighted by atomic mass is 16.5. The summed E-state index contributed by atoms with van der Waals surface area (Å²) < 4.78 is 13.1. The topological polar surface area (TPSA) is 94.4 Å². The minimum absolute atomic E-state index is 0.0185. The number of aromatic nitrogens is 4. The second kappa shape index (κ2) is 10.2. The molecule has 37 heavy (non-hydrogen) atoms. The van der Waals surface area contributed by atoms with Crippen molar-refractivity contribution in [1.29, 1.82) is 0 Å². The van der Waals surface area contributed by atoms with E-state index in [0.29, 0.717) is 49.5 Å². The molecule has 0 bridgehead atoms. The fourth-order valence-corrected chi connectivity index (χ4v) is 5.23. The Morgan fingerprint density at radius 3 is 2.65 bits per heavy atom. The van der Waals surface area contributed by atoms with E-state index in [0.717, 1.165) is 40.7 Å². The molecule has 9 nitrogen and oxygen atoms in total. The fourth-order valence-electron chi connectivity index (χ4n) is 5.23. The molecule has 1 N–H and O–H groups in total.